The van der Waals surface area contributed by atoms with Gasteiger partial charge in [0.05, 0.1) is 25.2 Å². The zero-order valence-corrected chi connectivity index (χ0v) is 27.9. The number of esters is 1. The third kappa shape index (κ3) is 4.52. The quantitative estimate of drug-likeness (QED) is 0.229. The van der Waals surface area contributed by atoms with Crippen molar-refractivity contribution in [2.24, 2.45) is 56.7 Å². The second kappa shape index (κ2) is 10.8. The molecule has 0 spiro atoms. The smallest absolute Gasteiger partial charge is 0.302 e. The van der Waals surface area contributed by atoms with E-state index in [1.807, 2.05) is 0 Å². The molecule has 0 aliphatic heterocycles. The number of rotatable bonds is 7. The maximum absolute atomic E-state index is 14.3. The normalized spacial score (nSPS) is 45.2. The van der Waals surface area contributed by atoms with E-state index in [4.69, 9.17) is 4.74 Å². The maximum atomic E-state index is 14.3. The molecule has 0 aromatic heterocycles. The van der Waals surface area contributed by atoms with Gasteiger partial charge in [-0.25, -0.2) is 0 Å². The predicted molar refractivity (Wildman–Crippen MR) is 167 cm³/mol. The molecule has 43 heavy (non-hydrogen) atoms. The fourth-order valence-electron chi connectivity index (χ4n) is 12.6. The van der Waals surface area contributed by atoms with Crippen molar-refractivity contribution in [2.45, 2.75) is 124 Å². The molecule has 0 radical (unpaired) electrons. The fraction of sp³-hybridized carbons (Fsp3) is 0.889. The molecule has 244 valence electrons. The third-order valence-corrected chi connectivity index (χ3v) is 15.1. The van der Waals surface area contributed by atoms with Crippen LogP contribution in [0.15, 0.2) is 12.2 Å². The summed E-state index contributed by atoms with van der Waals surface area (Å²) in [5.74, 6) is 1.54. The predicted octanol–water partition coefficient (Wildman–Crippen LogP) is 5.41. The van der Waals surface area contributed by atoms with Gasteiger partial charge < -0.3 is 25.4 Å². The molecule has 5 rings (SSSR count). The molecule has 0 aromatic carbocycles. The van der Waals surface area contributed by atoms with Gasteiger partial charge in [0.25, 0.3) is 0 Å². The highest BCUT2D eigenvalue weighted by molar-refractivity contribution is 5.84. The first-order valence-electron chi connectivity index (χ1n) is 17.0. The van der Waals surface area contributed by atoms with E-state index in [0.29, 0.717) is 17.8 Å². The monoisotopic (exact) mass is 601 g/mol. The van der Waals surface area contributed by atoms with Crippen molar-refractivity contribution < 1.29 is 29.6 Å². The molecule has 0 aromatic rings. The summed E-state index contributed by atoms with van der Waals surface area (Å²) in [4.78, 5) is 26.3. The summed E-state index contributed by atoms with van der Waals surface area (Å²) in [6.45, 7) is 18.9. The average molecular weight is 602 g/mol. The lowest BCUT2D eigenvalue weighted by Gasteiger charge is -2.73. The first kappa shape index (κ1) is 32.9. The van der Waals surface area contributed by atoms with Crippen LogP contribution in [0.4, 0.5) is 0 Å². The number of fused-ring (bicyclic) bond motifs is 7. The average Bonchev–Trinajstić information content (AvgIpc) is 3.35. The van der Waals surface area contributed by atoms with E-state index in [2.05, 4.69) is 53.4 Å². The van der Waals surface area contributed by atoms with Crippen LogP contribution in [-0.4, -0.2) is 58.7 Å². The molecule has 0 bridgehead atoms. The Kier molecular flexibility index (Phi) is 8.30. The molecule has 10 atom stereocenters. The second-order valence-electron chi connectivity index (χ2n) is 17.0. The number of ether oxygens (including phenoxy) is 1. The number of aliphatic hydroxyl groups excluding tert-OH is 3. The number of amides is 1. The van der Waals surface area contributed by atoms with E-state index in [1.165, 1.54) is 6.92 Å². The zero-order chi connectivity index (χ0) is 31.8. The van der Waals surface area contributed by atoms with Gasteiger partial charge in [-0.05, 0) is 117 Å². The number of allylic oxidation sites excluding steroid dienone is 1. The Morgan fingerprint density at radius 3 is 2.05 bits per heavy atom. The van der Waals surface area contributed by atoms with Gasteiger partial charge in [-0.1, -0.05) is 46.8 Å². The number of hydrogen-bond donors (Lipinski definition) is 4. The zero-order valence-electron chi connectivity index (χ0n) is 27.9. The Bertz CT molecular complexity index is 1120. The Hall–Kier alpha value is -1.44. The molecule has 1 unspecified atom stereocenters. The van der Waals surface area contributed by atoms with Gasteiger partial charge in [-0.3, -0.25) is 9.59 Å². The lowest BCUT2D eigenvalue weighted by molar-refractivity contribution is -0.249. The van der Waals surface area contributed by atoms with Gasteiger partial charge >= 0.3 is 5.97 Å². The van der Waals surface area contributed by atoms with Gasteiger partial charge in [0.1, 0.15) is 11.6 Å². The van der Waals surface area contributed by atoms with Crippen molar-refractivity contribution in [2.75, 3.05) is 19.8 Å². The van der Waals surface area contributed by atoms with Crippen molar-refractivity contribution in [3.05, 3.63) is 12.2 Å². The summed E-state index contributed by atoms with van der Waals surface area (Å²) in [7, 11) is 0. The summed E-state index contributed by atoms with van der Waals surface area (Å²) < 4.78 is 5.91. The van der Waals surface area contributed by atoms with E-state index in [1.54, 1.807) is 0 Å². The maximum Gasteiger partial charge on any atom is 0.302 e. The Balaban J connectivity index is 1.51. The van der Waals surface area contributed by atoms with Crippen LogP contribution in [-0.2, 0) is 14.3 Å². The van der Waals surface area contributed by atoms with Crippen LogP contribution in [0.2, 0.25) is 0 Å². The van der Waals surface area contributed by atoms with Crippen molar-refractivity contribution >= 4 is 11.9 Å². The van der Waals surface area contributed by atoms with E-state index < -0.39 is 30.8 Å². The van der Waals surface area contributed by atoms with E-state index in [9.17, 15) is 24.9 Å². The van der Waals surface area contributed by atoms with Gasteiger partial charge in [-0.15, -0.1) is 0 Å². The van der Waals surface area contributed by atoms with E-state index in [0.717, 1.165) is 69.8 Å². The van der Waals surface area contributed by atoms with E-state index in [-0.39, 0.29) is 51.5 Å². The standard InChI is InChI=1S/C36H59NO6/c1-22(2)24-11-16-36(30(42)37-35(19-38,20-39)21-40)18-17-33(7)25(29(24)36)9-10-27-32(6)14-13-28(43-23(3)41)31(4,5)26(32)12-15-34(27,33)8/h24-29,38-40H,1,9-21H2,2-8H3,(H,37,42)/t24-,25+,26?,27+,28-,29+,32-,33+,34+,36-/m0/s1. The SMILES string of the molecule is C=C(C)[C@@H]1CC[C@]2(C(=O)NC(CO)(CO)CO)CC[C@]3(C)[C@H](CC[C@@H]4[C@@]5(C)CC[C@H](OC(C)=O)C(C)(C)C5CC[C@]43C)[C@@H]12. The van der Waals surface area contributed by atoms with Gasteiger partial charge in [0.2, 0.25) is 5.91 Å². The topological polar surface area (TPSA) is 116 Å². The van der Waals surface area contributed by atoms with Gasteiger partial charge in [0.15, 0.2) is 0 Å². The first-order valence-corrected chi connectivity index (χ1v) is 17.0. The molecule has 5 aliphatic rings. The molecule has 0 heterocycles. The molecule has 5 aliphatic carbocycles. The largest absolute Gasteiger partial charge is 0.462 e. The molecular weight excluding hydrogens is 542 g/mol. The lowest BCUT2D eigenvalue weighted by atomic mass is 9.32. The van der Waals surface area contributed by atoms with Crippen LogP contribution in [0.1, 0.15) is 113 Å². The van der Waals surface area contributed by atoms with Gasteiger partial charge in [-0.2, -0.15) is 0 Å². The molecule has 7 nitrogen and oxygen atoms in total. The van der Waals surface area contributed by atoms with Crippen LogP contribution >= 0.6 is 0 Å². The number of carbonyl (C=O) groups excluding carboxylic acids is 2. The Morgan fingerprint density at radius 2 is 1.47 bits per heavy atom. The third-order valence-electron chi connectivity index (χ3n) is 15.1. The highest BCUT2D eigenvalue weighted by atomic mass is 16.5. The highest BCUT2D eigenvalue weighted by Crippen LogP contribution is 2.77. The summed E-state index contributed by atoms with van der Waals surface area (Å²) in [5.41, 5.74) is -0.585. The summed E-state index contributed by atoms with van der Waals surface area (Å²) in [6.07, 6.45) is 9.91. The summed E-state index contributed by atoms with van der Waals surface area (Å²) in [6, 6.07) is 0. The van der Waals surface area contributed by atoms with Crippen LogP contribution in [0.25, 0.3) is 0 Å². The van der Waals surface area contributed by atoms with Crippen molar-refractivity contribution in [1.29, 1.82) is 0 Å². The minimum atomic E-state index is -1.42. The number of hydrogen-bond acceptors (Lipinski definition) is 6. The molecule has 7 heteroatoms. The van der Waals surface area contributed by atoms with Crippen molar-refractivity contribution in [1.82, 2.24) is 5.32 Å². The molecule has 1 amide bonds. The molecular formula is C36H59NO6. The lowest BCUT2D eigenvalue weighted by Crippen LogP contribution is -2.68. The first-order chi connectivity index (χ1) is 20.0. The highest BCUT2D eigenvalue weighted by Gasteiger charge is 2.72. The Morgan fingerprint density at radius 1 is 0.814 bits per heavy atom. The molecule has 0 saturated heterocycles. The van der Waals surface area contributed by atoms with Crippen molar-refractivity contribution in [3.63, 3.8) is 0 Å². The second-order valence-corrected chi connectivity index (χ2v) is 17.0. The molecule has 5 fully saturated rings. The van der Waals surface area contributed by atoms with Crippen LogP contribution < -0.4 is 5.32 Å². The number of aliphatic hydroxyl groups is 3. The van der Waals surface area contributed by atoms with Gasteiger partial charge in [0, 0.05) is 12.3 Å². The molecule has 4 N–H and O–H groups in total. The number of carbonyl (C=O) groups is 2. The van der Waals surface area contributed by atoms with Crippen LogP contribution in [0.3, 0.4) is 0 Å². The minimum Gasteiger partial charge on any atom is -0.462 e. The van der Waals surface area contributed by atoms with Crippen LogP contribution in [0, 0.1) is 56.7 Å². The Labute approximate surface area is 259 Å². The number of nitrogens with one attached hydrogen (secondary N) is 1. The van der Waals surface area contributed by atoms with E-state index >= 15 is 0 Å². The minimum absolute atomic E-state index is 0.0353. The fourth-order valence-corrected chi connectivity index (χ4v) is 12.6. The van der Waals surface area contributed by atoms with Crippen molar-refractivity contribution in [3.8, 4) is 0 Å². The summed E-state index contributed by atoms with van der Waals surface area (Å²) in [5, 5.41) is 33.1. The summed E-state index contributed by atoms with van der Waals surface area (Å²) >= 11 is 0. The molecule has 5 saturated carbocycles. The van der Waals surface area contributed by atoms with Crippen LogP contribution in [0.5, 0.6) is 0 Å².